The summed E-state index contributed by atoms with van der Waals surface area (Å²) in [4.78, 5) is 33.1. The maximum absolute atomic E-state index is 12.4. The van der Waals surface area contributed by atoms with Gasteiger partial charge in [0.25, 0.3) is 5.56 Å². The van der Waals surface area contributed by atoms with Crippen LogP contribution in [0.3, 0.4) is 0 Å². The lowest BCUT2D eigenvalue weighted by Gasteiger charge is -2.37. The number of ether oxygens (including phenoxy) is 1. The molecule has 1 saturated heterocycles. The quantitative estimate of drug-likeness (QED) is 0.531. The molecule has 1 fully saturated rings. The van der Waals surface area contributed by atoms with E-state index in [9.17, 15) is 9.59 Å². The van der Waals surface area contributed by atoms with E-state index in [1.54, 1.807) is 17.2 Å². The van der Waals surface area contributed by atoms with E-state index >= 15 is 0 Å². The van der Waals surface area contributed by atoms with E-state index in [0.717, 1.165) is 35.6 Å². The van der Waals surface area contributed by atoms with Gasteiger partial charge in [-0.15, -0.1) is 0 Å². The number of fused-ring (bicyclic) bond motifs is 1. The Balaban J connectivity index is 1.54. The lowest BCUT2D eigenvalue weighted by molar-refractivity contribution is 0.0240. The van der Waals surface area contributed by atoms with Crippen molar-refractivity contribution in [2.75, 3.05) is 36.4 Å². The highest BCUT2D eigenvalue weighted by Crippen LogP contribution is 2.32. The predicted octanol–water partition coefficient (Wildman–Crippen LogP) is 4.39. The normalized spacial score (nSPS) is 14.4. The minimum absolute atomic E-state index is 0.272. The average Bonchev–Trinajstić information content (AvgIpc) is 2.76. The number of benzene rings is 1. The number of hydrogen-bond acceptors (Lipinski definition) is 7. The third kappa shape index (κ3) is 4.94. The molecule has 0 saturated carbocycles. The summed E-state index contributed by atoms with van der Waals surface area (Å²) in [5, 5.41) is 10.9. The fraction of sp³-hybridized carbons (Fsp3) is 0.417. The fourth-order valence-electron chi connectivity index (χ4n) is 4.05. The van der Waals surface area contributed by atoms with Crippen LogP contribution >= 0.6 is 11.6 Å². The van der Waals surface area contributed by atoms with Crippen LogP contribution in [-0.4, -0.2) is 58.0 Å². The Morgan fingerprint density at radius 3 is 2.53 bits per heavy atom. The van der Waals surface area contributed by atoms with Crippen LogP contribution < -0.4 is 15.8 Å². The number of piperazine rings is 1. The molecule has 0 radical (unpaired) electrons. The molecule has 0 spiro atoms. The molecular weight excluding hydrogens is 456 g/mol. The average molecular weight is 485 g/mol. The van der Waals surface area contributed by atoms with Gasteiger partial charge in [0.1, 0.15) is 16.6 Å². The highest BCUT2D eigenvalue weighted by molar-refractivity contribution is 6.30. The molecule has 0 unspecified atom stereocenters. The standard InChI is InChI=1S/C24H29ClN6O3/c1-14-15(2)18(30-8-10-31(11-9-30)23(33)34-24(3,4)5)7-6-17(14)27-21-20-16(12-19(25)28-21)13-26-29-22(20)32/h6-7,12-13H,8-11H2,1-5H3,(H,27,28)(H,29,32). The Kier molecular flexibility index (Phi) is 6.40. The molecule has 180 valence electrons. The molecule has 4 rings (SSSR count). The van der Waals surface area contributed by atoms with Crippen LogP contribution in [-0.2, 0) is 4.74 Å². The number of aromatic nitrogens is 3. The van der Waals surface area contributed by atoms with Gasteiger partial charge in [0.2, 0.25) is 0 Å². The number of halogens is 1. The summed E-state index contributed by atoms with van der Waals surface area (Å²) in [5.74, 6) is 0.382. The number of aromatic amines is 1. The van der Waals surface area contributed by atoms with E-state index in [1.807, 2.05) is 39.8 Å². The Morgan fingerprint density at radius 2 is 1.85 bits per heavy atom. The number of amides is 1. The van der Waals surface area contributed by atoms with Gasteiger partial charge in [0.15, 0.2) is 0 Å². The minimum atomic E-state index is -0.505. The number of nitrogens with one attached hydrogen (secondary N) is 2. The number of anilines is 3. The van der Waals surface area contributed by atoms with Gasteiger partial charge in [-0.3, -0.25) is 4.79 Å². The van der Waals surface area contributed by atoms with Gasteiger partial charge in [-0.1, -0.05) is 11.6 Å². The Hall–Kier alpha value is -3.33. The van der Waals surface area contributed by atoms with Gasteiger partial charge in [-0.05, 0) is 63.9 Å². The smallest absolute Gasteiger partial charge is 0.410 e. The van der Waals surface area contributed by atoms with Crippen molar-refractivity contribution >= 4 is 45.7 Å². The van der Waals surface area contributed by atoms with Crippen LogP contribution in [0.2, 0.25) is 5.15 Å². The minimum Gasteiger partial charge on any atom is -0.444 e. The van der Waals surface area contributed by atoms with Gasteiger partial charge >= 0.3 is 6.09 Å². The summed E-state index contributed by atoms with van der Waals surface area (Å²) in [7, 11) is 0. The van der Waals surface area contributed by atoms with Crippen molar-refractivity contribution in [3.63, 3.8) is 0 Å². The van der Waals surface area contributed by atoms with Gasteiger partial charge in [-0.25, -0.2) is 14.9 Å². The monoisotopic (exact) mass is 484 g/mol. The molecule has 2 N–H and O–H groups in total. The van der Waals surface area contributed by atoms with Crippen LogP contribution in [0.1, 0.15) is 31.9 Å². The molecule has 10 heteroatoms. The lowest BCUT2D eigenvalue weighted by atomic mass is 10.0. The summed E-state index contributed by atoms with van der Waals surface area (Å²) in [5.41, 5.74) is 3.25. The molecule has 0 bridgehead atoms. The fourth-order valence-corrected chi connectivity index (χ4v) is 4.25. The summed E-state index contributed by atoms with van der Waals surface area (Å²) >= 11 is 6.17. The van der Waals surface area contributed by atoms with Crippen molar-refractivity contribution in [2.24, 2.45) is 0 Å². The number of rotatable bonds is 3. The molecular formula is C24H29ClN6O3. The number of carbonyl (C=O) groups excluding carboxylic acids is 1. The Morgan fingerprint density at radius 1 is 1.15 bits per heavy atom. The van der Waals surface area contributed by atoms with E-state index < -0.39 is 5.60 Å². The maximum Gasteiger partial charge on any atom is 0.410 e. The Labute approximate surface area is 203 Å². The molecule has 1 aliphatic heterocycles. The molecule has 0 atom stereocenters. The summed E-state index contributed by atoms with van der Waals surface area (Å²) in [6.07, 6.45) is 1.28. The van der Waals surface area contributed by atoms with Crippen molar-refractivity contribution in [1.29, 1.82) is 0 Å². The second kappa shape index (κ2) is 9.13. The van der Waals surface area contributed by atoms with Crippen LogP contribution in [0.5, 0.6) is 0 Å². The first-order valence-corrected chi connectivity index (χ1v) is 11.6. The van der Waals surface area contributed by atoms with E-state index in [4.69, 9.17) is 16.3 Å². The number of H-pyrrole nitrogens is 1. The van der Waals surface area contributed by atoms with Gasteiger partial charge < -0.3 is 19.9 Å². The number of pyridine rings is 1. The topological polar surface area (TPSA) is 103 Å². The van der Waals surface area contributed by atoms with E-state index in [1.165, 1.54) is 0 Å². The van der Waals surface area contributed by atoms with E-state index in [-0.39, 0.29) is 16.8 Å². The molecule has 1 aliphatic rings. The van der Waals surface area contributed by atoms with Gasteiger partial charge in [-0.2, -0.15) is 5.10 Å². The van der Waals surface area contributed by atoms with Crippen molar-refractivity contribution in [2.45, 2.75) is 40.2 Å². The van der Waals surface area contributed by atoms with Crippen molar-refractivity contribution in [3.05, 3.63) is 51.0 Å². The Bertz CT molecular complexity index is 1290. The van der Waals surface area contributed by atoms with Crippen LogP contribution in [0, 0.1) is 13.8 Å². The second-order valence-electron chi connectivity index (χ2n) is 9.42. The highest BCUT2D eigenvalue weighted by atomic mass is 35.5. The van der Waals surface area contributed by atoms with Gasteiger partial charge in [0.05, 0.1) is 11.6 Å². The lowest BCUT2D eigenvalue weighted by Crippen LogP contribution is -2.50. The number of carbonyl (C=O) groups is 1. The third-order valence-corrected chi connectivity index (χ3v) is 6.09. The zero-order valence-electron chi connectivity index (χ0n) is 20.0. The van der Waals surface area contributed by atoms with E-state index in [2.05, 4.69) is 32.3 Å². The predicted molar refractivity (Wildman–Crippen MR) is 134 cm³/mol. The molecule has 9 nitrogen and oxygen atoms in total. The summed E-state index contributed by atoms with van der Waals surface area (Å²) in [6, 6.07) is 5.64. The third-order valence-electron chi connectivity index (χ3n) is 5.90. The molecule has 2 aromatic heterocycles. The first-order valence-electron chi connectivity index (χ1n) is 11.2. The molecule has 0 aliphatic carbocycles. The summed E-state index contributed by atoms with van der Waals surface area (Å²) in [6.45, 7) is 12.3. The number of nitrogens with zero attached hydrogens (tertiary/aromatic N) is 4. The second-order valence-corrected chi connectivity index (χ2v) is 9.81. The zero-order valence-corrected chi connectivity index (χ0v) is 20.8. The van der Waals surface area contributed by atoms with E-state index in [0.29, 0.717) is 29.7 Å². The van der Waals surface area contributed by atoms with Crippen molar-refractivity contribution in [1.82, 2.24) is 20.1 Å². The van der Waals surface area contributed by atoms with Crippen LogP contribution in [0.25, 0.3) is 10.8 Å². The van der Waals surface area contributed by atoms with Crippen LogP contribution in [0.15, 0.2) is 29.2 Å². The molecule has 1 aromatic carbocycles. The van der Waals surface area contributed by atoms with Gasteiger partial charge in [0, 0.05) is 42.9 Å². The number of hydrogen-bond donors (Lipinski definition) is 2. The molecule has 34 heavy (non-hydrogen) atoms. The first-order chi connectivity index (χ1) is 16.0. The molecule has 3 aromatic rings. The largest absolute Gasteiger partial charge is 0.444 e. The van der Waals surface area contributed by atoms with Crippen molar-refractivity contribution in [3.8, 4) is 0 Å². The van der Waals surface area contributed by atoms with Crippen molar-refractivity contribution < 1.29 is 9.53 Å². The van der Waals surface area contributed by atoms with Crippen LogP contribution in [0.4, 0.5) is 22.0 Å². The molecule has 3 heterocycles. The summed E-state index contributed by atoms with van der Waals surface area (Å²) < 4.78 is 5.50. The molecule has 1 amide bonds. The highest BCUT2D eigenvalue weighted by Gasteiger charge is 2.26. The first kappa shape index (κ1) is 23.8. The SMILES string of the molecule is Cc1c(Nc2nc(Cl)cc3cn[nH]c(=O)c23)ccc(N2CCN(C(=O)OC(C)(C)C)CC2)c1C. The maximum atomic E-state index is 12.4. The zero-order chi connectivity index (χ0) is 24.6.